The molecule has 108 valence electrons. The number of ether oxygens (including phenoxy) is 2. The lowest BCUT2D eigenvalue weighted by atomic mass is 10.2. The molecule has 0 atom stereocenters. The van der Waals surface area contributed by atoms with Gasteiger partial charge in [0.1, 0.15) is 10.8 Å². The van der Waals surface area contributed by atoms with Gasteiger partial charge in [-0.05, 0) is 19.1 Å². The van der Waals surface area contributed by atoms with Crippen LogP contribution in [0.4, 0.5) is 0 Å². The summed E-state index contributed by atoms with van der Waals surface area (Å²) < 4.78 is 10.5. The second-order valence-electron chi connectivity index (χ2n) is 4.26. The van der Waals surface area contributed by atoms with Crippen LogP contribution in [0.1, 0.15) is 11.8 Å². The Labute approximate surface area is 123 Å². The van der Waals surface area contributed by atoms with E-state index in [1.807, 2.05) is 31.3 Å². The van der Waals surface area contributed by atoms with Gasteiger partial charge in [-0.2, -0.15) is 0 Å². The molecule has 0 amide bonds. The molecule has 2 rings (SSSR count). The van der Waals surface area contributed by atoms with Gasteiger partial charge in [0.05, 0.1) is 13.2 Å². The Kier molecular flexibility index (Phi) is 5.98. The van der Waals surface area contributed by atoms with Crippen LogP contribution in [0.3, 0.4) is 0 Å². The zero-order valence-corrected chi connectivity index (χ0v) is 12.7. The van der Waals surface area contributed by atoms with E-state index in [1.54, 1.807) is 18.4 Å². The van der Waals surface area contributed by atoms with E-state index >= 15 is 0 Å². The normalized spacial score (nSPS) is 10.7. The fourth-order valence-corrected chi connectivity index (χ4v) is 2.67. The van der Waals surface area contributed by atoms with Crippen molar-refractivity contribution < 1.29 is 9.47 Å². The molecule has 4 nitrogen and oxygen atoms in total. The number of nitrogens with one attached hydrogen (secondary N) is 1. The van der Waals surface area contributed by atoms with Gasteiger partial charge in [0.2, 0.25) is 0 Å². The van der Waals surface area contributed by atoms with Crippen LogP contribution >= 0.6 is 11.3 Å². The Morgan fingerprint density at radius 2 is 2.25 bits per heavy atom. The fourth-order valence-electron chi connectivity index (χ4n) is 1.79. The number of methoxy groups -OCH3 is 1. The van der Waals surface area contributed by atoms with E-state index in [0.29, 0.717) is 6.61 Å². The van der Waals surface area contributed by atoms with Gasteiger partial charge in [0, 0.05) is 36.8 Å². The summed E-state index contributed by atoms with van der Waals surface area (Å²) >= 11 is 1.70. The summed E-state index contributed by atoms with van der Waals surface area (Å²) in [5.41, 5.74) is 1.10. The minimum atomic E-state index is 0.677. The standard InChI is InChI=1S/C15H20N2O2S/c1-3-19-13-6-4-5-12(9-13)15-17-11-14(20-15)10-16-7-8-18-2/h4-6,9,11,16H,3,7-8,10H2,1-2H3. The van der Waals surface area contributed by atoms with Crippen LogP contribution in [-0.4, -0.2) is 31.9 Å². The van der Waals surface area contributed by atoms with Crippen molar-refractivity contribution in [2.75, 3.05) is 26.9 Å². The maximum atomic E-state index is 5.52. The molecule has 0 aliphatic heterocycles. The lowest BCUT2D eigenvalue weighted by Gasteiger charge is -2.04. The van der Waals surface area contributed by atoms with Crippen molar-refractivity contribution in [3.05, 3.63) is 35.3 Å². The molecule has 1 heterocycles. The molecule has 5 heteroatoms. The quantitative estimate of drug-likeness (QED) is 0.760. The lowest BCUT2D eigenvalue weighted by Crippen LogP contribution is -2.17. The van der Waals surface area contributed by atoms with E-state index in [4.69, 9.17) is 9.47 Å². The highest BCUT2D eigenvalue weighted by atomic mass is 32.1. The number of nitrogens with zero attached hydrogens (tertiary/aromatic N) is 1. The summed E-state index contributed by atoms with van der Waals surface area (Å²) in [6.45, 7) is 5.06. The maximum Gasteiger partial charge on any atom is 0.123 e. The number of thiazole rings is 1. The van der Waals surface area contributed by atoms with E-state index in [1.165, 1.54) is 4.88 Å². The van der Waals surface area contributed by atoms with Gasteiger partial charge >= 0.3 is 0 Å². The van der Waals surface area contributed by atoms with E-state index in [9.17, 15) is 0 Å². The third-order valence-electron chi connectivity index (χ3n) is 2.73. The Bertz CT molecular complexity index is 528. The molecule has 2 aromatic rings. The van der Waals surface area contributed by atoms with Crippen LogP contribution in [0.5, 0.6) is 5.75 Å². The minimum absolute atomic E-state index is 0.677. The number of rotatable bonds is 8. The molecule has 0 aliphatic carbocycles. The first-order valence-electron chi connectivity index (χ1n) is 6.71. The summed E-state index contributed by atoms with van der Waals surface area (Å²) in [5.74, 6) is 0.889. The third kappa shape index (κ3) is 4.30. The Balaban J connectivity index is 1.99. The summed E-state index contributed by atoms with van der Waals surface area (Å²) in [6, 6.07) is 8.06. The average molecular weight is 292 g/mol. The fraction of sp³-hybridized carbons (Fsp3) is 0.400. The Morgan fingerprint density at radius 3 is 3.05 bits per heavy atom. The molecule has 0 spiro atoms. The first-order valence-corrected chi connectivity index (χ1v) is 7.52. The van der Waals surface area contributed by atoms with Crippen molar-refractivity contribution in [2.45, 2.75) is 13.5 Å². The van der Waals surface area contributed by atoms with Gasteiger partial charge in [-0.15, -0.1) is 11.3 Å². The van der Waals surface area contributed by atoms with E-state index in [0.717, 1.165) is 36.0 Å². The summed E-state index contributed by atoms with van der Waals surface area (Å²) in [6.07, 6.45) is 1.92. The molecule has 0 bridgehead atoms. The largest absolute Gasteiger partial charge is 0.494 e. The highest BCUT2D eigenvalue weighted by Crippen LogP contribution is 2.27. The van der Waals surface area contributed by atoms with Gasteiger partial charge < -0.3 is 14.8 Å². The van der Waals surface area contributed by atoms with Gasteiger partial charge in [-0.1, -0.05) is 12.1 Å². The van der Waals surface area contributed by atoms with Gasteiger partial charge in [-0.3, -0.25) is 0 Å². The molecule has 1 aromatic heterocycles. The maximum absolute atomic E-state index is 5.52. The number of benzene rings is 1. The van der Waals surface area contributed by atoms with Crippen molar-refractivity contribution in [1.82, 2.24) is 10.3 Å². The van der Waals surface area contributed by atoms with Crippen molar-refractivity contribution in [2.24, 2.45) is 0 Å². The monoisotopic (exact) mass is 292 g/mol. The summed E-state index contributed by atoms with van der Waals surface area (Å²) in [5, 5.41) is 4.34. The first-order chi connectivity index (χ1) is 9.83. The molecule has 0 radical (unpaired) electrons. The third-order valence-corrected chi connectivity index (χ3v) is 3.77. The highest BCUT2D eigenvalue weighted by Gasteiger charge is 2.05. The topological polar surface area (TPSA) is 43.4 Å². The number of hydrogen-bond acceptors (Lipinski definition) is 5. The average Bonchev–Trinajstić information content (AvgIpc) is 2.93. The van der Waals surface area contributed by atoms with Crippen LogP contribution in [0.15, 0.2) is 30.5 Å². The highest BCUT2D eigenvalue weighted by molar-refractivity contribution is 7.15. The van der Waals surface area contributed by atoms with Crippen molar-refractivity contribution >= 4 is 11.3 Å². The second kappa shape index (κ2) is 7.99. The van der Waals surface area contributed by atoms with Crippen molar-refractivity contribution in [3.63, 3.8) is 0 Å². The molecule has 0 unspecified atom stereocenters. The lowest BCUT2D eigenvalue weighted by molar-refractivity contribution is 0.199. The van der Waals surface area contributed by atoms with Crippen LogP contribution < -0.4 is 10.1 Å². The zero-order valence-electron chi connectivity index (χ0n) is 11.9. The van der Waals surface area contributed by atoms with E-state index in [2.05, 4.69) is 16.4 Å². The van der Waals surface area contributed by atoms with Crippen LogP contribution in [0.2, 0.25) is 0 Å². The molecule has 1 N–H and O–H groups in total. The van der Waals surface area contributed by atoms with Crippen molar-refractivity contribution in [3.8, 4) is 16.3 Å². The number of hydrogen-bond donors (Lipinski definition) is 1. The smallest absolute Gasteiger partial charge is 0.123 e. The molecule has 20 heavy (non-hydrogen) atoms. The zero-order chi connectivity index (χ0) is 14.2. The van der Waals surface area contributed by atoms with Crippen LogP contribution in [0.25, 0.3) is 10.6 Å². The predicted molar refractivity (Wildman–Crippen MR) is 82.3 cm³/mol. The molecule has 0 saturated carbocycles. The molecular formula is C15H20N2O2S. The molecule has 1 aromatic carbocycles. The van der Waals surface area contributed by atoms with Crippen LogP contribution in [-0.2, 0) is 11.3 Å². The van der Waals surface area contributed by atoms with Gasteiger partial charge in [0.25, 0.3) is 0 Å². The van der Waals surface area contributed by atoms with Gasteiger partial charge in [0.15, 0.2) is 0 Å². The van der Waals surface area contributed by atoms with Crippen LogP contribution in [0, 0.1) is 0 Å². The molecular weight excluding hydrogens is 272 g/mol. The Hall–Kier alpha value is -1.43. The van der Waals surface area contributed by atoms with E-state index < -0.39 is 0 Å². The summed E-state index contributed by atoms with van der Waals surface area (Å²) in [4.78, 5) is 5.70. The Morgan fingerprint density at radius 1 is 1.35 bits per heavy atom. The first kappa shape index (κ1) is 15.0. The minimum Gasteiger partial charge on any atom is -0.494 e. The SMILES string of the molecule is CCOc1cccc(-c2ncc(CNCCOC)s2)c1. The second-order valence-corrected chi connectivity index (χ2v) is 5.38. The van der Waals surface area contributed by atoms with Crippen molar-refractivity contribution in [1.29, 1.82) is 0 Å². The summed E-state index contributed by atoms with van der Waals surface area (Å²) in [7, 11) is 1.71. The predicted octanol–water partition coefficient (Wildman–Crippen LogP) is 2.94. The molecule has 0 saturated heterocycles. The molecule has 0 aliphatic rings. The molecule has 0 fully saturated rings. The number of aromatic nitrogens is 1. The van der Waals surface area contributed by atoms with E-state index in [-0.39, 0.29) is 0 Å². The van der Waals surface area contributed by atoms with Gasteiger partial charge in [-0.25, -0.2) is 4.98 Å².